The van der Waals surface area contributed by atoms with Crippen molar-refractivity contribution in [3.8, 4) is 0 Å². The minimum Gasteiger partial charge on any atom is -0.292 e. The Balaban J connectivity index is 1.83. The van der Waals surface area contributed by atoms with Gasteiger partial charge in [0.05, 0.1) is 6.20 Å². The van der Waals surface area contributed by atoms with Crippen molar-refractivity contribution in [2.24, 2.45) is 5.92 Å². The molecule has 4 nitrogen and oxygen atoms in total. The highest BCUT2D eigenvalue weighted by molar-refractivity contribution is 5.96. The summed E-state index contributed by atoms with van der Waals surface area (Å²) in [7, 11) is 0. The summed E-state index contributed by atoms with van der Waals surface area (Å²) < 4.78 is 1.68. The van der Waals surface area contributed by atoms with Crippen LogP contribution in [-0.4, -0.2) is 20.8 Å². The summed E-state index contributed by atoms with van der Waals surface area (Å²) in [6.07, 6.45) is 4.33. The van der Waals surface area contributed by atoms with E-state index in [0.29, 0.717) is 12.2 Å². The summed E-state index contributed by atoms with van der Waals surface area (Å²) in [4.78, 5) is 12.5. The molecule has 0 N–H and O–H groups in total. The number of nitrogens with zero attached hydrogens (tertiary/aromatic N) is 3. The Kier molecular flexibility index (Phi) is 3.15. The second-order valence-corrected chi connectivity index (χ2v) is 5.01. The van der Waals surface area contributed by atoms with E-state index in [-0.39, 0.29) is 11.7 Å². The van der Waals surface area contributed by atoms with E-state index >= 15 is 0 Å². The standard InChI is InChI=1S/C15H17N3O/c1-2-18-14(10-16-17-18)15(19)13-8-7-11-5-3-4-6-12(11)9-13/h3-6,10,13H,2,7-9H2,1H3. The second-order valence-electron chi connectivity index (χ2n) is 5.01. The van der Waals surface area contributed by atoms with Gasteiger partial charge in [-0.25, -0.2) is 4.68 Å². The van der Waals surface area contributed by atoms with Crippen LogP contribution < -0.4 is 0 Å². The number of aryl methyl sites for hydroxylation is 2. The number of hydrogen-bond acceptors (Lipinski definition) is 3. The molecule has 1 aliphatic carbocycles. The van der Waals surface area contributed by atoms with E-state index in [1.807, 2.05) is 13.0 Å². The van der Waals surface area contributed by atoms with Crippen LogP contribution >= 0.6 is 0 Å². The van der Waals surface area contributed by atoms with Crippen LogP contribution in [0.3, 0.4) is 0 Å². The highest BCUT2D eigenvalue weighted by Crippen LogP contribution is 2.27. The molecule has 98 valence electrons. The molecule has 1 aromatic carbocycles. The number of rotatable bonds is 3. The molecule has 0 fully saturated rings. The lowest BCUT2D eigenvalue weighted by Crippen LogP contribution is -2.25. The van der Waals surface area contributed by atoms with Gasteiger partial charge in [0.15, 0.2) is 5.78 Å². The van der Waals surface area contributed by atoms with Gasteiger partial charge in [0.2, 0.25) is 0 Å². The topological polar surface area (TPSA) is 47.8 Å². The number of fused-ring (bicyclic) bond motifs is 1. The molecule has 1 unspecified atom stereocenters. The lowest BCUT2D eigenvalue weighted by molar-refractivity contribution is 0.0897. The van der Waals surface area contributed by atoms with Crippen molar-refractivity contribution in [2.45, 2.75) is 32.7 Å². The van der Waals surface area contributed by atoms with Gasteiger partial charge in [-0.1, -0.05) is 29.5 Å². The van der Waals surface area contributed by atoms with Crippen molar-refractivity contribution < 1.29 is 4.79 Å². The molecule has 1 atom stereocenters. The maximum Gasteiger partial charge on any atom is 0.185 e. The molecular weight excluding hydrogens is 238 g/mol. The monoisotopic (exact) mass is 255 g/mol. The zero-order valence-corrected chi connectivity index (χ0v) is 11.0. The minimum atomic E-state index is 0.0682. The summed E-state index contributed by atoms with van der Waals surface area (Å²) in [5.41, 5.74) is 3.34. The minimum absolute atomic E-state index is 0.0682. The average molecular weight is 255 g/mol. The van der Waals surface area contributed by atoms with Gasteiger partial charge in [0.1, 0.15) is 5.69 Å². The quantitative estimate of drug-likeness (QED) is 0.791. The molecule has 0 aliphatic heterocycles. The Morgan fingerprint density at radius 3 is 2.95 bits per heavy atom. The summed E-state index contributed by atoms with van der Waals surface area (Å²) in [5.74, 6) is 0.250. The molecule has 4 heteroatoms. The van der Waals surface area contributed by atoms with Crippen molar-refractivity contribution in [2.75, 3.05) is 0 Å². The van der Waals surface area contributed by atoms with Gasteiger partial charge in [0, 0.05) is 12.5 Å². The highest BCUT2D eigenvalue weighted by Gasteiger charge is 2.27. The first-order chi connectivity index (χ1) is 9.29. The number of benzene rings is 1. The third-order valence-electron chi connectivity index (χ3n) is 3.89. The molecule has 19 heavy (non-hydrogen) atoms. The first-order valence-electron chi connectivity index (χ1n) is 6.79. The number of carbonyl (C=O) groups excluding carboxylic acids is 1. The van der Waals surface area contributed by atoms with Crippen molar-refractivity contribution in [3.63, 3.8) is 0 Å². The van der Waals surface area contributed by atoms with Crippen LogP contribution in [0.1, 0.15) is 35.0 Å². The molecule has 0 spiro atoms. The van der Waals surface area contributed by atoms with E-state index in [0.717, 1.165) is 19.3 Å². The fourth-order valence-corrected chi connectivity index (χ4v) is 2.81. The third-order valence-corrected chi connectivity index (χ3v) is 3.89. The van der Waals surface area contributed by atoms with Gasteiger partial charge in [-0.2, -0.15) is 0 Å². The van der Waals surface area contributed by atoms with E-state index in [2.05, 4.69) is 28.5 Å². The molecule has 3 rings (SSSR count). The molecule has 0 bridgehead atoms. The van der Waals surface area contributed by atoms with Crippen LogP contribution in [0.5, 0.6) is 0 Å². The summed E-state index contributed by atoms with van der Waals surface area (Å²) in [6.45, 7) is 2.66. The van der Waals surface area contributed by atoms with Gasteiger partial charge >= 0.3 is 0 Å². The number of ketones is 1. The van der Waals surface area contributed by atoms with E-state index in [4.69, 9.17) is 0 Å². The summed E-state index contributed by atoms with van der Waals surface area (Å²) >= 11 is 0. The Hall–Kier alpha value is -1.97. The van der Waals surface area contributed by atoms with Crippen LogP contribution in [0, 0.1) is 5.92 Å². The highest BCUT2D eigenvalue weighted by atomic mass is 16.1. The zero-order chi connectivity index (χ0) is 13.2. The smallest absolute Gasteiger partial charge is 0.185 e. The van der Waals surface area contributed by atoms with Crippen LogP contribution in [-0.2, 0) is 19.4 Å². The number of Topliss-reactive ketones (excluding diaryl/α,β-unsaturated/α-hetero) is 1. The van der Waals surface area contributed by atoms with Gasteiger partial charge in [-0.05, 0) is 37.3 Å². The zero-order valence-electron chi connectivity index (χ0n) is 11.0. The van der Waals surface area contributed by atoms with E-state index in [1.165, 1.54) is 11.1 Å². The maximum atomic E-state index is 12.5. The Morgan fingerprint density at radius 2 is 2.16 bits per heavy atom. The fraction of sp³-hybridized carbons (Fsp3) is 0.400. The van der Waals surface area contributed by atoms with Gasteiger partial charge in [0.25, 0.3) is 0 Å². The Bertz CT molecular complexity index is 603. The van der Waals surface area contributed by atoms with Crippen LogP contribution in [0.2, 0.25) is 0 Å². The van der Waals surface area contributed by atoms with Crippen molar-refractivity contribution >= 4 is 5.78 Å². The molecular formula is C15H17N3O. The largest absolute Gasteiger partial charge is 0.292 e. The predicted octanol–water partition coefficient (Wildman–Crippen LogP) is 2.29. The first-order valence-corrected chi connectivity index (χ1v) is 6.79. The lowest BCUT2D eigenvalue weighted by Gasteiger charge is -2.23. The molecule has 0 saturated heterocycles. The Morgan fingerprint density at radius 1 is 1.37 bits per heavy atom. The number of carbonyl (C=O) groups is 1. The Labute approximate surface area is 112 Å². The van der Waals surface area contributed by atoms with Gasteiger partial charge in [-0.3, -0.25) is 4.79 Å². The number of hydrogen-bond donors (Lipinski definition) is 0. The SMILES string of the molecule is CCn1nncc1C(=O)C1CCc2ccccc2C1. The average Bonchev–Trinajstić information content (AvgIpc) is 2.94. The van der Waals surface area contributed by atoms with Crippen LogP contribution in [0.4, 0.5) is 0 Å². The van der Waals surface area contributed by atoms with E-state index < -0.39 is 0 Å². The third kappa shape index (κ3) is 2.18. The normalized spacial score (nSPS) is 18.1. The fourth-order valence-electron chi connectivity index (χ4n) is 2.81. The number of aromatic nitrogens is 3. The molecule has 1 aromatic heterocycles. The van der Waals surface area contributed by atoms with Crippen molar-refractivity contribution in [1.82, 2.24) is 15.0 Å². The van der Waals surface area contributed by atoms with E-state index in [1.54, 1.807) is 10.9 Å². The van der Waals surface area contributed by atoms with Crippen LogP contribution in [0.15, 0.2) is 30.5 Å². The van der Waals surface area contributed by atoms with Crippen molar-refractivity contribution in [1.29, 1.82) is 0 Å². The van der Waals surface area contributed by atoms with Gasteiger partial charge < -0.3 is 0 Å². The van der Waals surface area contributed by atoms with Gasteiger partial charge in [-0.15, -0.1) is 5.10 Å². The summed E-state index contributed by atoms with van der Waals surface area (Å²) in [5, 5.41) is 7.79. The lowest BCUT2D eigenvalue weighted by atomic mass is 9.81. The van der Waals surface area contributed by atoms with E-state index in [9.17, 15) is 4.79 Å². The first kappa shape index (κ1) is 12.1. The maximum absolute atomic E-state index is 12.5. The van der Waals surface area contributed by atoms with Crippen molar-refractivity contribution in [3.05, 3.63) is 47.3 Å². The summed E-state index contributed by atoms with van der Waals surface area (Å²) in [6, 6.07) is 8.40. The predicted molar refractivity (Wildman–Crippen MR) is 72.0 cm³/mol. The molecule has 2 aromatic rings. The molecule has 1 heterocycles. The molecule has 1 aliphatic rings. The van der Waals surface area contributed by atoms with Crippen LogP contribution in [0.25, 0.3) is 0 Å². The second kappa shape index (κ2) is 4.96. The molecule has 0 amide bonds. The molecule has 0 radical (unpaired) electrons. The molecule has 0 saturated carbocycles.